The highest BCUT2D eigenvalue weighted by molar-refractivity contribution is 6.51. The van der Waals surface area contributed by atoms with E-state index in [0.29, 0.717) is 17.0 Å². The third-order valence-corrected chi connectivity index (χ3v) is 5.15. The van der Waals surface area contributed by atoms with Crippen molar-refractivity contribution >= 4 is 28.8 Å². The zero-order chi connectivity index (χ0) is 22.8. The molecule has 160 valence electrons. The first kappa shape index (κ1) is 20.7. The number of hydrogen-bond acceptors (Lipinski definition) is 7. The van der Waals surface area contributed by atoms with Crippen LogP contribution in [0.5, 0.6) is 5.75 Å². The van der Waals surface area contributed by atoms with E-state index >= 15 is 0 Å². The van der Waals surface area contributed by atoms with E-state index in [0.717, 1.165) is 0 Å². The molecule has 9 heteroatoms. The van der Waals surface area contributed by atoms with Gasteiger partial charge < -0.3 is 9.84 Å². The maximum Gasteiger partial charge on any atom is 0.300 e. The van der Waals surface area contributed by atoms with Crippen LogP contribution in [0, 0.1) is 10.1 Å². The van der Waals surface area contributed by atoms with Crippen molar-refractivity contribution in [3.63, 3.8) is 0 Å². The molecular formula is C23H17N3O6. The predicted molar refractivity (Wildman–Crippen MR) is 115 cm³/mol. The molecule has 0 saturated carbocycles. The second-order valence-electron chi connectivity index (χ2n) is 6.96. The number of nitro groups is 1. The quantitative estimate of drug-likeness (QED) is 0.215. The lowest BCUT2D eigenvalue weighted by molar-refractivity contribution is -0.384. The number of ketones is 1. The van der Waals surface area contributed by atoms with E-state index in [-0.39, 0.29) is 16.8 Å². The third-order valence-electron chi connectivity index (χ3n) is 5.15. The van der Waals surface area contributed by atoms with Gasteiger partial charge in [0, 0.05) is 41.8 Å². The number of nitrogens with zero attached hydrogens (tertiary/aromatic N) is 3. The van der Waals surface area contributed by atoms with Gasteiger partial charge in [0.1, 0.15) is 11.5 Å². The lowest BCUT2D eigenvalue weighted by Crippen LogP contribution is -2.29. The van der Waals surface area contributed by atoms with Crippen molar-refractivity contribution in [3.8, 4) is 5.75 Å². The molecule has 1 aliphatic rings. The molecule has 1 N–H and O–H groups in total. The molecule has 2 aromatic carbocycles. The molecule has 1 atom stereocenters. The van der Waals surface area contributed by atoms with Crippen LogP contribution in [0.15, 0.2) is 78.6 Å². The standard InChI is InChI=1S/C23H17N3O6/c1-32-18-4-2-3-17(13-18)25-20(14-9-11-24-12-10-14)19(22(28)23(25)29)21(27)15-5-7-16(8-6-15)26(30)31/h2-13,20,27H,1H3/b21-19+. The number of pyridine rings is 1. The summed E-state index contributed by atoms with van der Waals surface area (Å²) in [6, 6.07) is 14.1. The minimum Gasteiger partial charge on any atom is -0.507 e. The minimum absolute atomic E-state index is 0.127. The molecule has 1 fully saturated rings. The molecule has 2 heterocycles. The molecule has 9 nitrogen and oxygen atoms in total. The normalized spacial score (nSPS) is 17.4. The molecule has 1 aromatic heterocycles. The fourth-order valence-corrected chi connectivity index (χ4v) is 3.62. The molecule has 0 bridgehead atoms. The highest BCUT2D eigenvalue weighted by Gasteiger charge is 2.47. The number of non-ortho nitro benzene ring substituents is 1. The Hall–Kier alpha value is -4.53. The molecule has 0 radical (unpaired) electrons. The summed E-state index contributed by atoms with van der Waals surface area (Å²) >= 11 is 0. The molecule has 4 rings (SSSR count). The number of carbonyl (C=O) groups excluding carboxylic acids is 2. The fraction of sp³-hybridized carbons (Fsp3) is 0.0870. The highest BCUT2D eigenvalue weighted by Crippen LogP contribution is 2.42. The summed E-state index contributed by atoms with van der Waals surface area (Å²) in [5.74, 6) is -1.62. The highest BCUT2D eigenvalue weighted by atomic mass is 16.6. The van der Waals surface area contributed by atoms with Crippen LogP contribution in [0.25, 0.3) is 5.76 Å². The first-order chi connectivity index (χ1) is 15.4. The molecule has 32 heavy (non-hydrogen) atoms. The molecule has 1 saturated heterocycles. The number of carbonyl (C=O) groups is 2. The maximum absolute atomic E-state index is 13.1. The van der Waals surface area contributed by atoms with E-state index in [4.69, 9.17) is 4.74 Å². The van der Waals surface area contributed by atoms with Gasteiger partial charge in [-0.3, -0.25) is 29.6 Å². The van der Waals surface area contributed by atoms with Crippen LogP contribution in [0.2, 0.25) is 0 Å². The number of nitro benzene ring substituents is 1. The predicted octanol–water partition coefficient (Wildman–Crippen LogP) is 3.62. The fourth-order valence-electron chi connectivity index (χ4n) is 3.62. The van der Waals surface area contributed by atoms with Crippen molar-refractivity contribution in [1.82, 2.24) is 4.98 Å². The number of aliphatic hydroxyl groups is 1. The van der Waals surface area contributed by atoms with Crippen LogP contribution in [-0.4, -0.2) is 33.8 Å². The Labute approximate surface area is 182 Å². The molecule has 1 amide bonds. The summed E-state index contributed by atoms with van der Waals surface area (Å²) in [6.07, 6.45) is 3.04. The Morgan fingerprint density at radius 1 is 1.09 bits per heavy atom. The van der Waals surface area contributed by atoms with E-state index < -0.39 is 28.4 Å². The molecular weight excluding hydrogens is 414 g/mol. The maximum atomic E-state index is 13.1. The molecule has 3 aromatic rings. The Balaban J connectivity index is 1.90. The third kappa shape index (κ3) is 3.56. The van der Waals surface area contributed by atoms with Gasteiger partial charge in [-0.15, -0.1) is 0 Å². The van der Waals surface area contributed by atoms with Gasteiger partial charge in [0.15, 0.2) is 0 Å². The van der Waals surface area contributed by atoms with Gasteiger partial charge in [-0.05, 0) is 42.0 Å². The van der Waals surface area contributed by atoms with Crippen molar-refractivity contribution in [1.29, 1.82) is 0 Å². The van der Waals surface area contributed by atoms with Gasteiger partial charge >= 0.3 is 0 Å². The van der Waals surface area contributed by atoms with Crippen molar-refractivity contribution in [2.24, 2.45) is 0 Å². The van der Waals surface area contributed by atoms with Gasteiger partial charge in [0.25, 0.3) is 17.4 Å². The first-order valence-electron chi connectivity index (χ1n) is 9.52. The van der Waals surface area contributed by atoms with Crippen molar-refractivity contribution in [3.05, 3.63) is 99.9 Å². The van der Waals surface area contributed by atoms with Crippen LogP contribution < -0.4 is 9.64 Å². The Kier molecular flexibility index (Phi) is 5.38. The number of ether oxygens (including phenoxy) is 1. The number of rotatable bonds is 5. The summed E-state index contributed by atoms with van der Waals surface area (Å²) in [5.41, 5.74) is 0.863. The van der Waals surface area contributed by atoms with Crippen LogP contribution in [0.4, 0.5) is 11.4 Å². The topological polar surface area (TPSA) is 123 Å². The molecule has 1 aliphatic heterocycles. The van der Waals surface area contributed by atoms with Crippen LogP contribution >= 0.6 is 0 Å². The van der Waals surface area contributed by atoms with Crippen molar-refractivity contribution < 1.29 is 24.4 Å². The van der Waals surface area contributed by atoms with Gasteiger partial charge in [-0.25, -0.2) is 0 Å². The number of aliphatic hydroxyl groups excluding tert-OH is 1. The van der Waals surface area contributed by atoms with Crippen LogP contribution in [0.3, 0.4) is 0 Å². The number of benzene rings is 2. The second kappa shape index (κ2) is 8.31. The summed E-state index contributed by atoms with van der Waals surface area (Å²) in [7, 11) is 1.49. The van der Waals surface area contributed by atoms with E-state index in [1.165, 1.54) is 48.7 Å². The zero-order valence-electron chi connectivity index (χ0n) is 16.8. The summed E-state index contributed by atoms with van der Waals surface area (Å²) in [5, 5.41) is 21.9. The van der Waals surface area contributed by atoms with Gasteiger partial charge in [-0.1, -0.05) is 6.07 Å². The number of hydrogen-bond donors (Lipinski definition) is 1. The molecule has 0 spiro atoms. The average Bonchev–Trinajstić information content (AvgIpc) is 3.09. The smallest absolute Gasteiger partial charge is 0.300 e. The lowest BCUT2D eigenvalue weighted by Gasteiger charge is -2.25. The van der Waals surface area contributed by atoms with Gasteiger partial charge in [-0.2, -0.15) is 0 Å². The number of methoxy groups -OCH3 is 1. The molecule has 1 unspecified atom stereocenters. The van der Waals surface area contributed by atoms with Crippen molar-refractivity contribution in [2.75, 3.05) is 12.0 Å². The Bertz CT molecular complexity index is 1240. The van der Waals surface area contributed by atoms with E-state index in [9.17, 15) is 24.8 Å². The Morgan fingerprint density at radius 3 is 2.41 bits per heavy atom. The summed E-state index contributed by atoms with van der Waals surface area (Å²) in [6.45, 7) is 0. The monoisotopic (exact) mass is 431 g/mol. The number of amides is 1. The number of anilines is 1. The summed E-state index contributed by atoms with van der Waals surface area (Å²) in [4.78, 5) is 41.8. The van der Waals surface area contributed by atoms with Gasteiger partial charge in [0.2, 0.25) is 0 Å². The second-order valence-corrected chi connectivity index (χ2v) is 6.96. The van der Waals surface area contributed by atoms with Crippen LogP contribution in [-0.2, 0) is 9.59 Å². The van der Waals surface area contributed by atoms with Crippen molar-refractivity contribution in [2.45, 2.75) is 6.04 Å². The number of aromatic nitrogens is 1. The van der Waals surface area contributed by atoms with E-state index in [1.807, 2.05) is 0 Å². The largest absolute Gasteiger partial charge is 0.507 e. The number of Topliss-reactive ketones (excluding diaryl/α,β-unsaturated/α-hetero) is 1. The van der Waals surface area contributed by atoms with Gasteiger partial charge in [0.05, 0.1) is 23.6 Å². The van der Waals surface area contributed by atoms with E-state index in [2.05, 4.69) is 4.98 Å². The average molecular weight is 431 g/mol. The lowest BCUT2D eigenvalue weighted by atomic mass is 9.95. The van der Waals surface area contributed by atoms with Crippen LogP contribution in [0.1, 0.15) is 17.2 Å². The SMILES string of the molecule is COc1cccc(N2C(=O)C(=O)/C(=C(/O)c3ccc([N+](=O)[O-])cc3)C2c2ccncc2)c1. The first-order valence-corrected chi connectivity index (χ1v) is 9.52. The Morgan fingerprint density at radius 2 is 1.78 bits per heavy atom. The van der Waals surface area contributed by atoms with E-state index in [1.54, 1.807) is 36.4 Å². The molecule has 0 aliphatic carbocycles. The minimum atomic E-state index is -0.930. The zero-order valence-corrected chi connectivity index (χ0v) is 16.8. The summed E-state index contributed by atoms with van der Waals surface area (Å²) < 4.78 is 5.24.